The molecule has 1 aromatic carbocycles. The first-order valence-electron chi connectivity index (χ1n) is 4.91. The minimum Gasteiger partial charge on any atom is -0.497 e. The van der Waals surface area contributed by atoms with Crippen LogP contribution in [0, 0.1) is 0 Å². The van der Waals surface area contributed by atoms with Crippen LogP contribution >= 0.6 is 0 Å². The van der Waals surface area contributed by atoms with Crippen molar-refractivity contribution < 1.29 is 9.13 Å². The predicted molar refractivity (Wildman–Crippen MR) is 59.6 cm³/mol. The molecule has 82 valence electrons. The van der Waals surface area contributed by atoms with Crippen LogP contribution in [0.1, 0.15) is 12.0 Å². The average Bonchev–Trinajstić information content (AvgIpc) is 2.31. The van der Waals surface area contributed by atoms with Gasteiger partial charge in [-0.2, -0.15) is 0 Å². The number of rotatable bonds is 5. The van der Waals surface area contributed by atoms with Gasteiger partial charge in [-0.1, -0.05) is 12.1 Å². The monoisotopic (exact) mass is 209 g/mol. The second-order valence-electron chi connectivity index (χ2n) is 3.32. The van der Waals surface area contributed by atoms with E-state index in [1.165, 1.54) is 0 Å². The zero-order chi connectivity index (χ0) is 11.1. The zero-order valence-electron chi connectivity index (χ0n) is 8.87. The molecule has 0 spiro atoms. The molecular weight excluding hydrogens is 193 g/mol. The highest BCUT2D eigenvalue weighted by molar-refractivity contribution is 5.27. The summed E-state index contributed by atoms with van der Waals surface area (Å²) in [5.41, 5.74) is 7.17. The number of ether oxygens (including phenoxy) is 1. The third-order valence-corrected chi connectivity index (χ3v) is 2.31. The van der Waals surface area contributed by atoms with E-state index in [0.29, 0.717) is 18.3 Å². The summed E-state index contributed by atoms with van der Waals surface area (Å²) < 4.78 is 17.3. The lowest BCUT2D eigenvalue weighted by Crippen LogP contribution is -2.03. The normalized spacial score (nSPS) is 11.5. The van der Waals surface area contributed by atoms with Gasteiger partial charge in [-0.25, -0.2) is 4.39 Å². The first-order chi connectivity index (χ1) is 7.30. The summed E-state index contributed by atoms with van der Waals surface area (Å²) in [5, 5.41) is 0. The molecule has 0 saturated carbocycles. The number of nitrogens with two attached hydrogens (primary N) is 1. The van der Waals surface area contributed by atoms with Gasteiger partial charge in [0.25, 0.3) is 0 Å². The van der Waals surface area contributed by atoms with Gasteiger partial charge in [0.15, 0.2) is 0 Å². The predicted octanol–water partition coefficient (Wildman–Crippen LogP) is 2.44. The molecule has 15 heavy (non-hydrogen) atoms. The lowest BCUT2D eigenvalue weighted by Gasteiger charge is -2.04. The van der Waals surface area contributed by atoms with Crippen molar-refractivity contribution >= 4 is 0 Å². The van der Waals surface area contributed by atoms with E-state index < -0.39 is 0 Å². The van der Waals surface area contributed by atoms with Crippen LogP contribution in [0.4, 0.5) is 4.39 Å². The maximum atomic E-state index is 12.2. The molecule has 0 amide bonds. The van der Waals surface area contributed by atoms with Crippen molar-refractivity contribution in [3.05, 3.63) is 41.7 Å². The molecule has 1 aromatic rings. The Morgan fingerprint density at radius 1 is 1.40 bits per heavy atom. The number of hydrogen-bond acceptors (Lipinski definition) is 2. The van der Waals surface area contributed by atoms with Crippen molar-refractivity contribution in [2.75, 3.05) is 13.7 Å². The van der Waals surface area contributed by atoms with Crippen LogP contribution in [0.15, 0.2) is 36.2 Å². The van der Waals surface area contributed by atoms with Gasteiger partial charge in [-0.15, -0.1) is 0 Å². The Morgan fingerprint density at radius 2 is 2.07 bits per heavy atom. The minimum absolute atomic E-state index is 0.284. The van der Waals surface area contributed by atoms with Gasteiger partial charge in [0.2, 0.25) is 0 Å². The number of benzene rings is 1. The van der Waals surface area contributed by atoms with Crippen molar-refractivity contribution in [2.24, 2.45) is 5.73 Å². The summed E-state index contributed by atoms with van der Waals surface area (Å²) >= 11 is 0. The Hall–Kier alpha value is -1.35. The molecule has 0 radical (unpaired) electrons. The molecule has 0 fully saturated rings. The quantitative estimate of drug-likeness (QED) is 0.808. The van der Waals surface area contributed by atoms with Gasteiger partial charge < -0.3 is 10.5 Å². The maximum absolute atomic E-state index is 12.2. The molecule has 0 aliphatic rings. The summed E-state index contributed by atoms with van der Waals surface area (Å²) in [6.45, 7) is 0.284. The van der Waals surface area contributed by atoms with Crippen LogP contribution in [0.25, 0.3) is 0 Å². The second-order valence-corrected chi connectivity index (χ2v) is 3.32. The van der Waals surface area contributed by atoms with Crippen LogP contribution in [-0.4, -0.2) is 13.7 Å². The van der Waals surface area contributed by atoms with Crippen molar-refractivity contribution in [1.82, 2.24) is 0 Å². The maximum Gasteiger partial charge on any atom is 0.118 e. The highest BCUT2D eigenvalue weighted by Crippen LogP contribution is 2.14. The molecule has 0 atom stereocenters. The molecule has 0 heterocycles. The Labute approximate surface area is 89.6 Å². The van der Waals surface area contributed by atoms with Crippen LogP contribution in [0.3, 0.4) is 0 Å². The van der Waals surface area contributed by atoms with E-state index >= 15 is 0 Å². The standard InChI is InChI=1S/C12H16FNO/c1-15-12-6-4-10(5-7-12)2-3-11(8-13)9-14/h4-8H,2-3,9,14H2,1H3. The summed E-state index contributed by atoms with van der Waals surface area (Å²) in [5.74, 6) is 0.832. The summed E-state index contributed by atoms with van der Waals surface area (Å²) in [7, 11) is 1.63. The zero-order valence-corrected chi connectivity index (χ0v) is 8.87. The minimum atomic E-state index is 0.284. The molecule has 0 unspecified atom stereocenters. The first-order valence-corrected chi connectivity index (χ1v) is 4.91. The van der Waals surface area contributed by atoms with Crippen LogP contribution in [0.5, 0.6) is 5.75 Å². The van der Waals surface area contributed by atoms with Crippen LogP contribution < -0.4 is 10.5 Å². The fourth-order valence-electron chi connectivity index (χ4n) is 1.30. The Morgan fingerprint density at radius 3 is 2.53 bits per heavy atom. The molecule has 1 rings (SSSR count). The highest BCUT2D eigenvalue weighted by atomic mass is 19.1. The van der Waals surface area contributed by atoms with E-state index in [9.17, 15) is 4.39 Å². The Kier molecular flexibility index (Phi) is 4.84. The molecule has 0 aliphatic heterocycles. The molecule has 2 N–H and O–H groups in total. The molecule has 0 bridgehead atoms. The van der Waals surface area contributed by atoms with Gasteiger partial charge in [0.1, 0.15) is 5.75 Å². The van der Waals surface area contributed by atoms with E-state index in [2.05, 4.69) is 0 Å². The van der Waals surface area contributed by atoms with Gasteiger partial charge in [-0.3, -0.25) is 0 Å². The van der Waals surface area contributed by atoms with Crippen molar-refractivity contribution in [1.29, 1.82) is 0 Å². The molecule has 2 nitrogen and oxygen atoms in total. The summed E-state index contributed by atoms with van der Waals surface area (Å²) in [6, 6.07) is 7.75. The summed E-state index contributed by atoms with van der Waals surface area (Å²) in [6.07, 6.45) is 2.07. The second kappa shape index (κ2) is 6.19. The fraction of sp³-hybridized carbons (Fsp3) is 0.333. The molecule has 0 aromatic heterocycles. The third kappa shape index (κ3) is 3.72. The Balaban J connectivity index is 2.51. The van der Waals surface area contributed by atoms with E-state index in [1.54, 1.807) is 7.11 Å². The molecule has 0 aliphatic carbocycles. The summed E-state index contributed by atoms with van der Waals surface area (Å²) in [4.78, 5) is 0. The molecule has 0 saturated heterocycles. The number of halogens is 1. The Bertz CT molecular complexity index is 319. The lowest BCUT2D eigenvalue weighted by atomic mass is 10.1. The van der Waals surface area contributed by atoms with E-state index in [-0.39, 0.29) is 6.54 Å². The SMILES string of the molecule is COc1ccc(CCC(=CF)CN)cc1. The first kappa shape index (κ1) is 11.7. The van der Waals surface area contributed by atoms with Crippen molar-refractivity contribution in [3.8, 4) is 5.75 Å². The number of aryl methyl sites for hydroxylation is 1. The van der Waals surface area contributed by atoms with Crippen molar-refractivity contribution in [3.63, 3.8) is 0 Å². The smallest absolute Gasteiger partial charge is 0.118 e. The molecule has 3 heteroatoms. The van der Waals surface area contributed by atoms with Crippen molar-refractivity contribution in [2.45, 2.75) is 12.8 Å². The van der Waals surface area contributed by atoms with E-state index in [4.69, 9.17) is 10.5 Å². The van der Waals surface area contributed by atoms with Crippen LogP contribution in [0.2, 0.25) is 0 Å². The van der Waals surface area contributed by atoms with Gasteiger partial charge in [0, 0.05) is 6.54 Å². The lowest BCUT2D eigenvalue weighted by molar-refractivity contribution is 0.414. The van der Waals surface area contributed by atoms with Crippen LogP contribution in [-0.2, 0) is 6.42 Å². The van der Waals surface area contributed by atoms with E-state index in [1.807, 2.05) is 24.3 Å². The van der Waals surface area contributed by atoms with E-state index in [0.717, 1.165) is 17.7 Å². The average molecular weight is 209 g/mol. The number of methoxy groups -OCH3 is 1. The fourth-order valence-corrected chi connectivity index (χ4v) is 1.30. The van der Waals surface area contributed by atoms with Gasteiger partial charge in [0.05, 0.1) is 13.4 Å². The van der Waals surface area contributed by atoms with Gasteiger partial charge in [-0.05, 0) is 36.1 Å². The largest absolute Gasteiger partial charge is 0.497 e. The molecular formula is C12H16FNO. The highest BCUT2D eigenvalue weighted by Gasteiger charge is 1.98. The van der Waals surface area contributed by atoms with Gasteiger partial charge >= 0.3 is 0 Å². The third-order valence-electron chi connectivity index (χ3n) is 2.31. The topological polar surface area (TPSA) is 35.2 Å². The number of hydrogen-bond donors (Lipinski definition) is 1.